The molecule has 3 fully saturated rings. The number of carbonyl (C=O) groups is 4. The number of nitrogens with zero attached hydrogens (tertiary/aromatic N) is 3. The highest BCUT2D eigenvalue weighted by molar-refractivity contribution is 7.91. The summed E-state index contributed by atoms with van der Waals surface area (Å²) in [6, 6.07) is 4.20. The molecule has 0 radical (unpaired) electrons. The van der Waals surface area contributed by atoms with E-state index in [-0.39, 0.29) is 37.6 Å². The Morgan fingerprint density at radius 3 is 2.48 bits per heavy atom. The molecule has 1 aromatic carbocycles. The van der Waals surface area contributed by atoms with Crippen LogP contribution in [0.4, 0.5) is 13.6 Å². The molecule has 1 aromatic heterocycles. The van der Waals surface area contributed by atoms with Crippen LogP contribution in [0.1, 0.15) is 79.1 Å². The molecule has 4 amide bonds. The minimum atomic E-state index is -3.98. The number of aromatic nitrogens is 1. The minimum Gasteiger partial charge on any atom is -0.494 e. The van der Waals surface area contributed by atoms with Gasteiger partial charge in [-0.3, -0.25) is 24.0 Å². The van der Waals surface area contributed by atoms with E-state index in [9.17, 15) is 36.7 Å². The van der Waals surface area contributed by atoms with Gasteiger partial charge in [-0.25, -0.2) is 27.0 Å². The molecule has 2 aliphatic carbocycles. The van der Waals surface area contributed by atoms with Gasteiger partial charge in [0, 0.05) is 23.1 Å². The van der Waals surface area contributed by atoms with Crippen LogP contribution < -0.4 is 19.5 Å². The zero-order valence-corrected chi connectivity index (χ0v) is 33.1. The maximum absolute atomic E-state index is 15.1. The summed E-state index contributed by atoms with van der Waals surface area (Å²) in [4.78, 5) is 62.6. The van der Waals surface area contributed by atoms with Gasteiger partial charge in [-0.1, -0.05) is 50.6 Å². The van der Waals surface area contributed by atoms with Crippen molar-refractivity contribution in [1.29, 1.82) is 0 Å². The van der Waals surface area contributed by atoms with Crippen LogP contribution in [0.3, 0.4) is 0 Å². The summed E-state index contributed by atoms with van der Waals surface area (Å²) in [6.45, 7) is 5.61. The van der Waals surface area contributed by atoms with Crippen molar-refractivity contribution in [1.82, 2.24) is 24.8 Å². The van der Waals surface area contributed by atoms with Gasteiger partial charge >= 0.3 is 6.09 Å². The van der Waals surface area contributed by atoms with E-state index in [4.69, 9.17) is 9.47 Å². The number of hydrogen-bond donors (Lipinski definition) is 3. The Bertz CT molecular complexity index is 1990. The second-order valence-electron chi connectivity index (χ2n) is 16.2. The van der Waals surface area contributed by atoms with Gasteiger partial charge < -0.3 is 24.8 Å². The molecule has 0 spiro atoms. The van der Waals surface area contributed by atoms with E-state index in [1.165, 1.54) is 18.2 Å². The second kappa shape index (κ2) is 15.8. The third-order valence-corrected chi connectivity index (χ3v) is 13.6. The van der Waals surface area contributed by atoms with Crippen molar-refractivity contribution in [3.05, 3.63) is 42.6 Å². The molecule has 0 unspecified atom stereocenters. The highest BCUT2D eigenvalue weighted by Crippen LogP contribution is 2.46. The molecule has 0 bridgehead atoms. The quantitative estimate of drug-likeness (QED) is 0.280. The van der Waals surface area contributed by atoms with Gasteiger partial charge in [0.25, 0.3) is 12.3 Å². The van der Waals surface area contributed by atoms with Crippen LogP contribution >= 0.6 is 0 Å². The number of sulfonamides is 1. The summed E-state index contributed by atoms with van der Waals surface area (Å²) in [5.41, 5.74) is -3.94. The van der Waals surface area contributed by atoms with Gasteiger partial charge in [0.2, 0.25) is 27.7 Å². The summed E-state index contributed by atoms with van der Waals surface area (Å²) in [6.07, 6.45) is 1.88. The van der Waals surface area contributed by atoms with E-state index in [0.717, 1.165) is 13.8 Å². The average molecular weight is 804 g/mol. The number of methoxy groups -OCH3 is 1. The Morgan fingerprint density at radius 2 is 1.86 bits per heavy atom. The van der Waals surface area contributed by atoms with Crippen molar-refractivity contribution in [3.8, 4) is 11.6 Å². The molecule has 1 saturated heterocycles. The number of fused-ring (bicyclic) bond motifs is 3. The van der Waals surface area contributed by atoms with Gasteiger partial charge in [-0.15, -0.1) is 0 Å². The molecule has 4 aliphatic rings. The Hall–Kier alpha value is -4.54. The van der Waals surface area contributed by atoms with Crippen molar-refractivity contribution in [2.45, 2.75) is 120 Å². The maximum Gasteiger partial charge on any atom is 0.408 e. The van der Waals surface area contributed by atoms with Crippen molar-refractivity contribution in [2.24, 2.45) is 17.8 Å². The molecule has 3 heterocycles. The summed E-state index contributed by atoms with van der Waals surface area (Å²) in [5.74, 6) is -3.20. The number of ether oxygens (including phenoxy) is 2. The lowest BCUT2D eigenvalue weighted by Crippen LogP contribution is -2.65. The smallest absolute Gasteiger partial charge is 0.408 e. The molecule has 2 saturated carbocycles. The highest BCUT2D eigenvalue weighted by Gasteiger charge is 2.62. The van der Waals surface area contributed by atoms with Gasteiger partial charge in [-0.05, 0) is 70.3 Å². The van der Waals surface area contributed by atoms with Crippen LogP contribution in [0.25, 0.3) is 10.8 Å². The number of rotatable bonds is 10. The molecule has 17 heteroatoms. The number of allylic oxidation sites excluding steroid dienone is 1. The molecule has 6 rings (SSSR count). The number of halogens is 2. The molecular weight excluding hydrogens is 753 g/mol. The highest BCUT2D eigenvalue weighted by atomic mass is 32.2. The van der Waals surface area contributed by atoms with Crippen molar-refractivity contribution in [2.75, 3.05) is 13.7 Å². The predicted molar refractivity (Wildman–Crippen MR) is 202 cm³/mol. The number of carboxylic acid groups (broad SMARTS) is 1. The zero-order valence-electron chi connectivity index (χ0n) is 32.2. The van der Waals surface area contributed by atoms with Crippen LogP contribution in [-0.2, 0) is 24.4 Å². The fourth-order valence-electron chi connectivity index (χ4n) is 8.21. The number of benzene rings is 1. The van der Waals surface area contributed by atoms with Crippen molar-refractivity contribution < 1.29 is 51.0 Å². The van der Waals surface area contributed by atoms with Gasteiger partial charge in [0.1, 0.15) is 35.0 Å². The van der Waals surface area contributed by atoms with Crippen molar-refractivity contribution >= 4 is 44.6 Å². The number of amides is 4. The number of alkyl halides is 2. The van der Waals surface area contributed by atoms with Crippen LogP contribution in [0.15, 0.2) is 42.6 Å². The van der Waals surface area contributed by atoms with E-state index < -0.39 is 86.6 Å². The first kappa shape index (κ1) is 41.1. The fourth-order valence-corrected chi connectivity index (χ4v) is 9.58. The second-order valence-corrected chi connectivity index (χ2v) is 18.1. The Labute approximate surface area is 325 Å². The summed E-state index contributed by atoms with van der Waals surface area (Å²) in [7, 11) is -2.48. The number of pyridine rings is 1. The maximum atomic E-state index is 15.1. The van der Waals surface area contributed by atoms with E-state index in [1.54, 1.807) is 25.1 Å². The largest absolute Gasteiger partial charge is 0.494 e. The first-order chi connectivity index (χ1) is 26.4. The lowest BCUT2D eigenvalue weighted by atomic mass is 9.82. The van der Waals surface area contributed by atoms with Crippen LogP contribution in [0.5, 0.6) is 11.6 Å². The SMILES string of the molecule is CC[C@@H]1C[C@H](C)CCC=C[C@@H]2C[C@@]2(C(=O)NS(=O)(=O)C2CC2)NC(=O)[C@@H]2C[C@@H](Oc3ncc(OC)c4ccccc34)CN2C(=O)[C@H]1N(C(=O)O)C(C)(C)C(F)F. The number of hydrogen-bond acceptors (Lipinski definition) is 9. The fraction of sp³-hybridized carbons (Fsp3) is 0.615. The van der Waals surface area contributed by atoms with Gasteiger partial charge in [-0.2, -0.15) is 0 Å². The molecule has 14 nitrogen and oxygen atoms in total. The van der Waals surface area contributed by atoms with Crippen molar-refractivity contribution in [3.63, 3.8) is 0 Å². The van der Waals surface area contributed by atoms with Crippen LogP contribution in [0.2, 0.25) is 0 Å². The van der Waals surface area contributed by atoms with E-state index in [0.29, 0.717) is 53.5 Å². The third kappa shape index (κ3) is 8.00. The lowest BCUT2D eigenvalue weighted by molar-refractivity contribution is -0.149. The van der Waals surface area contributed by atoms with Gasteiger partial charge in [0.05, 0.1) is 25.1 Å². The topological polar surface area (TPSA) is 185 Å². The molecule has 7 atom stereocenters. The predicted octanol–water partition coefficient (Wildman–Crippen LogP) is 4.87. The average Bonchev–Trinajstić information content (AvgIpc) is 4.07. The van der Waals surface area contributed by atoms with E-state index in [1.807, 2.05) is 25.1 Å². The first-order valence-electron chi connectivity index (χ1n) is 19.2. The summed E-state index contributed by atoms with van der Waals surface area (Å²) >= 11 is 0. The van der Waals surface area contributed by atoms with Crippen LogP contribution in [0, 0.1) is 17.8 Å². The van der Waals surface area contributed by atoms with E-state index >= 15 is 4.79 Å². The summed E-state index contributed by atoms with van der Waals surface area (Å²) in [5, 5.41) is 13.9. The molecular formula is C39H51F2N5O9S. The third-order valence-electron chi connectivity index (χ3n) is 11.8. The number of nitrogens with one attached hydrogen (secondary N) is 2. The normalized spacial score (nSPS) is 28.8. The van der Waals surface area contributed by atoms with Crippen LogP contribution in [-0.4, -0.2) is 107 Å². The molecule has 56 heavy (non-hydrogen) atoms. The monoisotopic (exact) mass is 803 g/mol. The van der Waals surface area contributed by atoms with Gasteiger partial charge in [0.15, 0.2) is 0 Å². The standard InChI is InChI=1S/C39H51F2N5O9S/c1-6-23-17-22(2)11-7-8-12-24-19-39(24,36(49)44-56(52,53)26-15-16-26)43-32(47)29-18-25(55-33-28-14-10-9-13-27(28)30(54-5)20-42-33)21-45(29)34(48)31(23)46(37(50)51)38(3,4)35(40)41/h8-10,12-14,20,22-26,29,31,35H,6-7,11,15-19,21H2,1-5H3,(H,43,47)(H,44,49)(H,50,51)/t22-,23-,24-,25-,29+,31+,39-/m1/s1. The molecule has 3 N–H and O–H groups in total. The Kier molecular flexibility index (Phi) is 11.6. The first-order valence-corrected chi connectivity index (χ1v) is 20.7. The Balaban J connectivity index is 1.43. The molecule has 306 valence electrons. The number of carbonyl (C=O) groups excluding carboxylic acids is 3. The summed E-state index contributed by atoms with van der Waals surface area (Å²) < 4.78 is 69.3. The van der Waals surface area contributed by atoms with E-state index in [2.05, 4.69) is 15.0 Å². The molecule has 2 aromatic rings. The minimum absolute atomic E-state index is 0.0779. The molecule has 2 aliphatic heterocycles. The lowest BCUT2D eigenvalue weighted by Gasteiger charge is -2.45. The zero-order chi connectivity index (χ0) is 40.7. The Morgan fingerprint density at radius 1 is 1.16 bits per heavy atom.